The minimum Gasteiger partial charge on any atom is -0.468 e. The first-order chi connectivity index (χ1) is 14.0. The van der Waals surface area contributed by atoms with E-state index in [0.717, 1.165) is 5.69 Å². The molecule has 0 N–H and O–H groups in total. The molecular formula is C23H25NO5. The van der Waals surface area contributed by atoms with E-state index in [1.165, 1.54) is 6.26 Å². The maximum Gasteiger partial charge on any atom is 0.336 e. The third-order valence-electron chi connectivity index (χ3n) is 4.86. The van der Waals surface area contributed by atoms with E-state index in [-0.39, 0.29) is 13.2 Å². The van der Waals surface area contributed by atoms with Crippen LogP contribution in [-0.4, -0.2) is 25.2 Å². The molecule has 6 nitrogen and oxygen atoms in total. The first-order valence-electron chi connectivity index (χ1n) is 9.65. The predicted molar refractivity (Wildman–Crippen MR) is 109 cm³/mol. The van der Waals surface area contributed by atoms with Crippen molar-refractivity contribution in [2.45, 2.75) is 33.6 Å². The molecule has 2 aromatic rings. The Balaban J connectivity index is 2.28. The summed E-state index contributed by atoms with van der Waals surface area (Å²) in [6.45, 7) is 7.65. The lowest BCUT2D eigenvalue weighted by Crippen LogP contribution is -2.35. The molecule has 0 saturated heterocycles. The van der Waals surface area contributed by atoms with Crippen molar-refractivity contribution in [3.8, 4) is 0 Å². The average Bonchev–Trinajstić information content (AvgIpc) is 3.23. The van der Waals surface area contributed by atoms with Crippen LogP contribution in [0.3, 0.4) is 0 Å². The van der Waals surface area contributed by atoms with Gasteiger partial charge in [0.15, 0.2) is 0 Å². The second kappa shape index (κ2) is 8.82. The van der Waals surface area contributed by atoms with Crippen molar-refractivity contribution >= 4 is 17.6 Å². The molecule has 0 bridgehead atoms. The number of nitrogens with zero attached hydrogens (tertiary/aromatic N) is 1. The molecule has 152 valence electrons. The van der Waals surface area contributed by atoms with Crippen LogP contribution in [0.1, 0.15) is 39.4 Å². The number of anilines is 1. The molecular weight excluding hydrogens is 370 g/mol. The minimum atomic E-state index is -0.705. The van der Waals surface area contributed by atoms with Gasteiger partial charge in [0.2, 0.25) is 0 Å². The number of ether oxygens (including phenoxy) is 2. The Bertz CT molecular complexity index is 899. The summed E-state index contributed by atoms with van der Waals surface area (Å²) < 4.78 is 16.3. The van der Waals surface area contributed by atoms with Crippen LogP contribution in [0.15, 0.2) is 75.7 Å². The molecule has 0 saturated carbocycles. The Morgan fingerprint density at radius 1 is 0.897 bits per heavy atom. The molecule has 1 aromatic heterocycles. The van der Waals surface area contributed by atoms with Gasteiger partial charge >= 0.3 is 11.9 Å². The highest BCUT2D eigenvalue weighted by molar-refractivity contribution is 6.01. The zero-order chi connectivity index (χ0) is 21.0. The largest absolute Gasteiger partial charge is 0.468 e. The van der Waals surface area contributed by atoms with Gasteiger partial charge in [0, 0.05) is 17.1 Å². The first kappa shape index (κ1) is 20.5. The van der Waals surface area contributed by atoms with Crippen molar-refractivity contribution in [3.05, 3.63) is 77.0 Å². The summed E-state index contributed by atoms with van der Waals surface area (Å²) in [6.07, 6.45) is 1.52. The highest BCUT2D eigenvalue weighted by Crippen LogP contribution is 2.44. The third-order valence-corrected chi connectivity index (χ3v) is 4.86. The van der Waals surface area contributed by atoms with Crippen LogP contribution in [0.2, 0.25) is 0 Å². The van der Waals surface area contributed by atoms with Gasteiger partial charge in [0.05, 0.1) is 36.5 Å². The van der Waals surface area contributed by atoms with Crippen molar-refractivity contribution in [2.75, 3.05) is 18.1 Å². The lowest BCUT2D eigenvalue weighted by molar-refractivity contribution is -0.139. The molecule has 29 heavy (non-hydrogen) atoms. The maximum absolute atomic E-state index is 13.0. The zero-order valence-corrected chi connectivity index (χ0v) is 17.1. The SMILES string of the molecule is CCOC(=O)C1=C(C)N(c2ccccc2)C(C)=C(C(=O)OCC)C1c1ccco1. The molecule has 6 heteroatoms. The second-order valence-corrected chi connectivity index (χ2v) is 6.56. The number of esters is 2. The standard InChI is InChI=1S/C23H25NO5/c1-5-27-22(25)19-15(3)24(17-11-8-7-9-12-17)16(4)20(23(26)28-6-2)21(19)18-13-10-14-29-18/h7-14,21H,5-6H2,1-4H3. The highest BCUT2D eigenvalue weighted by atomic mass is 16.5. The maximum atomic E-state index is 13.0. The van der Waals surface area contributed by atoms with Gasteiger partial charge in [-0.2, -0.15) is 0 Å². The van der Waals surface area contributed by atoms with E-state index in [1.807, 2.05) is 49.1 Å². The molecule has 1 aromatic carbocycles. The summed E-state index contributed by atoms with van der Waals surface area (Å²) in [5, 5.41) is 0. The van der Waals surface area contributed by atoms with E-state index in [0.29, 0.717) is 28.3 Å². The molecule has 0 spiro atoms. The summed E-state index contributed by atoms with van der Waals surface area (Å²) in [4.78, 5) is 27.9. The number of rotatable bonds is 6. The number of carbonyl (C=O) groups is 2. The average molecular weight is 395 g/mol. The van der Waals surface area contributed by atoms with Crippen molar-refractivity contribution in [2.24, 2.45) is 0 Å². The molecule has 1 aliphatic rings. The molecule has 0 amide bonds. The zero-order valence-electron chi connectivity index (χ0n) is 17.1. The van der Waals surface area contributed by atoms with E-state index in [4.69, 9.17) is 13.9 Å². The third kappa shape index (κ3) is 3.83. The van der Waals surface area contributed by atoms with Crippen LogP contribution < -0.4 is 4.90 Å². The fourth-order valence-corrected chi connectivity index (χ4v) is 3.71. The minimum absolute atomic E-state index is 0.225. The molecule has 2 heterocycles. The Labute approximate surface area is 170 Å². The molecule has 0 aliphatic carbocycles. The van der Waals surface area contributed by atoms with Crippen molar-refractivity contribution in [3.63, 3.8) is 0 Å². The molecule has 0 atom stereocenters. The Morgan fingerprint density at radius 3 is 1.90 bits per heavy atom. The van der Waals surface area contributed by atoms with Crippen LogP contribution in [0.25, 0.3) is 0 Å². The topological polar surface area (TPSA) is 69.0 Å². The predicted octanol–water partition coefficient (Wildman–Crippen LogP) is 4.56. The molecule has 0 radical (unpaired) electrons. The molecule has 3 rings (SSSR count). The smallest absolute Gasteiger partial charge is 0.336 e. The Hall–Kier alpha value is -3.28. The van der Waals surface area contributed by atoms with E-state index in [9.17, 15) is 9.59 Å². The second-order valence-electron chi connectivity index (χ2n) is 6.56. The molecule has 0 unspecified atom stereocenters. The summed E-state index contributed by atoms with van der Waals surface area (Å²) in [5.41, 5.74) is 2.92. The van der Waals surface area contributed by atoms with Gasteiger partial charge in [0.25, 0.3) is 0 Å². The van der Waals surface area contributed by atoms with Gasteiger partial charge in [0.1, 0.15) is 5.76 Å². The number of carbonyl (C=O) groups excluding carboxylic acids is 2. The fraction of sp³-hybridized carbons (Fsp3) is 0.304. The lowest BCUT2D eigenvalue weighted by atomic mass is 9.82. The number of hydrogen-bond acceptors (Lipinski definition) is 6. The number of hydrogen-bond donors (Lipinski definition) is 0. The van der Waals surface area contributed by atoms with Crippen LogP contribution in [0, 0.1) is 0 Å². The Kier molecular flexibility index (Phi) is 6.22. The van der Waals surface area contributed by atoms with Crippen LogP contribution in [0.4, 0.5) is 5.69 Å². The van der Waals surface area contributed by atoms with Gasteiger partial charge < -0.3 is 18.8 Å². The number of furan rings is 1. The highest BCUT2D eigenvalue weighted by Gasteiger charge is 2.42. The molecule has 1 aliphatic heterocycles. The van der Waals surface area contributed by atoms with Crippen LogP contribution >= 0.6 is 0 Å². The molecule has 0 fully saturated rings. The lowest BCUT2D eigenvalue weighted by Gasteiger charge is -2.37. The number of allylic oxidation sites excluding steroid dienone is 2. The van der Waals surface area contributed by atoms with Crippen molar-refractivity contribution < 1.29 is 23.5 Å². The summed E-state index contributed by atoms with van der Waals surface area (Å²) in [6, 6.07) is 13.1. The fourth-order valence-electron chi connectivity index (χ4n) is 3.71. The first-order valence-corrected chi connectivity index (χ1v) is 9.65. The van der Waals surface area contributed by atoms with E-state index < -0.39 is 17.9 Å². The van der Waals surface area contributed by atoms with Gasteiger partial charge in [-0.05, 0) is 52.0 Å². The summed E-state index contributed by atoms with van der Waals surface area (Å²) in [5.74, 6) is -1.19. The summed E-state index contributed by atoms with van der Waals surface area (Å²) in [7, 11) is 0. The van der Waals surface area contributed by atoms with Gasteiger partial charge in [-0.15, -0.1) is 0 Å². The quantitative estimate of drug-likeness (QED) is 0.668. The monoisotopic (exact) mass is 395 g/mol. The number of para-hydroxylation sites is 1. The normalized spacial score (nSPS) is 15.0. The van der Waals surface area contributed by atoms with Gasteiger partial charge in [-0.25, -0.2) is 9.59 Å². The van der Waals surface area contributed by atoms with Crippen LogP contribution in [-0.2, 0) is 19.1 Å². The van der Waals surface area contributed by atoms with Gasteiger partial charge in [-0.3, -0.25) is 0 Å². The van der Waals surface area contributed by atoms with Gasteiger partial charge in [-0.1, -0.05) is 18.2 Å². The Morgan fingerprint density at radius 2 is 1.45 bits per heavy atom. The van der Waals surface area contributed by atoms with Crippen molar-refractivity contribution in [1.29, 1.82) is 0 Å². The van der Waals surface area contributed by atoms with E-state index in [2.05, 4.69) is 0 Å². The van der Waals surface area contributed by atoms with Crippen molar-refractivity contribution in [1.82, 2.24) is 0 Å². The summed E-state index contributed by atoms with van der Waals surface area (Å²) >= 11 is 0. The van der Waals surface area contributed by atoms with E-state index >= 15 is 0 Å². The van der Waals surface area contributed by atoms with E-state index in [1.54, 1.807) is 26.0 Å². The van der Waals surface area contributed by atoms with Crippen LogP contribution in [0.5, 0.6) is 0 Å². The number of benzene rings is 1.